The van der Waals surface area contributed by atoms with Crippen molar-refractivity contribution in [3.8, 4) is 0 Å². The van der Waals surface area contributed by atoms with Gasteiger partial charge in [0.1, 0.15) is 6.73 Å². The van der Waals surface area contributed by atoms with Crippen LogP contribution in [-0.4, -0.2) is 27.6 Å². The maximum atomic E-state index is 11.9. The first-order valence-electron chi connectivity index (χ1n) is 6.26. The largest absolute Gasteiger partial charge is 0.376 e. The third-order valence-electron chi connectivity index (χ3n) is 3.19. The van der Waals surface area contributed by atoms with E-state index in [9.17, 15) is 4.79 Å². The van der Waals surface area contributed by atoms with Crippen LogP contribution in [-0.2, 0) is 4.79 Å². The minimum atomic E-state index is -0.301. The monoisotopic (exact) mass is 255 g/mol. The van der Waals surface area contributed by atoms with Crippen molar-refractivity contribution >= 4 is 23.1 Å². The van der Waals surface area contributed by atoms with Crippen LogP contribution in [0.3, 0.4) is 0 Å². The van der Waals surface area contributed by atoms with Gasteiger partial charge in [0.25, 0.3) is 5.91 Å². The fraction of sp³-hybridized carbons (Fsp3) is 0.692. The summed E-state index contributed by atoms with van der Waals surface area (Å²) in [5.74, 6) is -0.106. The van der Waals surface area contributed by atoms with Crippen LogP contribution >= 0.6 is 12.2 Å². The summed E-state index contributed by atoms with van der Waals surface area (Å²) in [4.78, 5) is 13.7. The summed E-state index contributed by atoms with van der Waals surface area (Å²) in [6.45, 7) is 3.89. The predicted molar refractivity (Wildman–Crippen MR) is 72.6 cm³/mol. The highest BCUT2D eigenvalue weighted by atomic mass is 32.1. The molecule has 0 spiro atoms. The zero-order chi connectivity index (χ0) is 12.8. The molecule has 4 heteroatoms. The van der Waals surface area contributed by atoms with Crippen LogP contribution in [0.2, 0.25) is 0 Å². The first-order chi connectivity index (χ1) is 8.11. The lowest BCUT2D eigenvalue weighted by Crippen LogP contribution is -2.29. The molecule has 0 atom stereocenters. The number of carbonyl (C=O) groups is 1. The number of aliphatic hydroxyl groups is 1. The Bertz CT molecular complexity index is 336. The Kier molecular flexibility index (Phi) is 5.78. The van der Waals surface area contributed by atoms with Crippen LogP contribution in [0.15, 0.2) is 11.1 Å². The van der Waals surface area contributed by atoms with Crippen LogP contribution in [0.1, 0.15) is 52.4 Å². The van der Waals surface area contributed by atoms with E-state index in [0.29, 0.717) is 11.4 Å². The van der Waals surface area contributed by atoms with Gasteiger partial charge in [0.2, 0.25) is 0 Å². The lowest BCUT2D eigenvalue weighted by atomic mass is 10.0. The standard InChI is InChI=1S/C13H21NO2S/c1-3-4-5-6-7-10(2)11-8-12(17)14(9-15)13(11)16/h15H,3-9H2,1-2H3/b11-10+. The molecule has 0 aromatic rings. The molecule has 0 aromatic carbocycles. The van der Waals surface area contributed by atoms with Gasteiger partial charge in [0.05, 0.1) is 4.99 Å². The second-order valence-electron chi connectivity index (χ2n) is 4.51. The van der Waals surface area contributed by atoms with Crippen molar-refractivity contribution in [2.75, 3.05) is 6.73 Å². The minimum Gasteiger partial charge on any atom is -0.376 e. The topological polar surface area (TPSA) is 40.5 Å². The molecule has 1 fully saturated rings. The molecule has 1 rings (SSSR count). The molecule has 1 heterocycles. The van der Waals surface area contributed by atoms with Gasteiger partial charge in [-0.1, -0.05) is 44.0 Å². The van der Waals surface area contributed by atoms with Gasteiger partial charge in [-0.05, 0) is 19.8 Å². The molecular weight excluding hydrogens is 234 g/mol. The van der Waals surface area contributed by atoms with Crippen LogP contribution in [0, 0.1) is 0 Å². The van der Waals surface area contributed by atoms with E-state index in [2.05, 4.69) is 6.92 Å². The molecule has 0 aromatic heterocycles. The number of unbranched alkanes of at least 4 members (excludes halogenated alkanes) is 3. The predicted octanol–water partition coefficient (Wildman–Crippen LogP) is 2.78. The summed E-state index contributed by atoms with van der Waals surface area (Å²) in [5.41, 5.74) is 1.92. The lowest BCUT2D eigenvalue weighted by Gasteiger charge is -2.10. The maximum Gasteiger partial charge on any atom is 0.256 e. The molecule has 0 radical (unpaired) electrons. The van der Waals surface area contributed by atoms with Crippen molar-refractivity contribution in [1.82, 2.24) is 4.90 Å². The summed E-state index contributed by atoms with van der Waals surface area (Å²) in [6.07, 6.45) is 6.29. The Morgan fingerprint density at radius 1 is 1.41 bits per heavy atom. The third-order valence-corrected chi connectivity index (χ3v) is 3.56. The maximum absolute atomic E-state index is 11.9. The zero-order valence-electron chi connectivity index (χ0n) is 10.7. The average molecular weight is 255 g/mol. The molecule has 0 unspecified atom stereocenters. The van der Waals surface area contributed by atoms with E-state index in [1.165, 1.54) is 24.2 Å². The van der Waals surface area contributed by atoms with Crippen molar-refractivity contribution in [3.05, 3.63) is 11.1 Å². The second kappa shape index (κ2) is 6.87. The van der Waals surface area contributed by atoms with Crippen LogP contribution in [0.5, 0.6) is 0 Å². The average Bonchev–Trinajstić information content (AvgIpc) is 2.60. The number of allylic oxidation sites excluding steroid dienone is 1. The number of aliphatic hydroxyl groups excluding tert-OH is 1. The summed E-state index contributed by atoms with van der Waals surface area (Å²) in [5, 5.41) is 9.05. The highest BCUT2D eigenvalue weighted by molar-refractivity contribution is 7.80. The fourth-order valence-electron chi connectivity index (χ4n) is 2.04. The minimum absolute atomic E-state index is 0.106. The second-order valence-corrected chi connectivity index (χ2v) is 4.99. The first kappa shape index (κ1) is 14.3. The first-order valence-corrected chi connectivity index (χ1v) is 6.66. The molecule has 1 aliphatic rings. The number of hydrogen-bond acceptors (Lipinski definition) is 3. The SMILES string of the molecule is CCCCCC/C(C)=C1\CC(=S)N(CO)C1=O. The Labute approximate surface area is 108 Å². The smallest absolute Gasteiger partial charge is 0.256 e. The van der Waals surface area contributed by atoms with Crippen LogP contribution < -0.4 is 0 Å². The molecule has 0 bridgehead atoms. The van der Waals surface area contributed by atoms with E-state index in [-0.39, 0.29) is 12.6 Å². The van der Waals surface area contributed by atoms with Crippen LogP contribution in [0.4, 0.5) is 0 Å². The Hall–Kier alpha value is -0.740. The summed E-state index contributed by atoms with van der Waals surface area (Å²) >= 11 is 5.08. The molecule has 1 amide bonds. The number of rotatable bonds is 6. The quantitative estimate of drug-likeness (QED) is 0.451. The van der Waals surface area contributed by atoms with Crippen molar-refractivity contribution in [2.45, 2.75) is 52.4 Å². The number of amides is 1. The molecule has 17 heavy (non-hydrogen) atoms. The van der Waals surface area contributed by atoms with E-state index in [1.54, 1.807) is 0 Å². The zero-order valence-corrected chi connectivity index (χ0v) is 11.5. The number of hydrogen-bond donors (Lipinski definition) is 1. The molecule has 1 N–H and O–H groups in total. The molecule has 96 valence electrons. The Morgan fingerprint density at radius 2 is 2.12 bits per heavy atom. The van der Waals surface area contributed by atoms with Gasteiger partial charge in [-0.3, -0.25) is 9.69 Å². The fourth-order valence-corrected chi connectivity index (χ4v) is 2.33. The van der Waals surface area contributed by atoms with Crippen LogP contribution in [0.25, 0.3) is 0 Å². The van der Waals surface area contributed by atoms with E-state index < -0.39 is 0 Å². The van der Waals surface area contributed by atoms with E-state index in [0.717, 1.165) is 24.0 Å². The van der Waals surface area contributed by atoms with Gasteiger partial charge in [0.15, 0.2) is 0 Å². The molecular formula is C13H21NO2S. The Balaban J connectivity index is 2.58. The van der Waals surface area contributed by atoms with Gasteiger partial charge in [-0.2, -0.15) is 0 Å². The van der Waals surface area contributed by atoms with Gasteiger partial charge < -0.3 is 5.11 Å². The molecule has 1 saturated heterocycles. The lowest BCUT2D eigenvalue weighted by molar-refractivity contribution is -0.124. The van der Waals surface area contributed by atoms with Gasteiger partial charge in [-0.25, -0.2) is 0 Å². The summed E-state index contributed by atoms with van der Waals surface area (Å²) in [6, 6.07) is 0. The van der Waals surface area contributed by atoms with Crippen molar-refractivity contribution in [3.63, 3.8) is 0 Å². The number of likely N-dealkylation sites (tertiary alicyclic amines) is 1. The highest BCUT2D eigenvalue weighted by Crippen LogP contribution is 2.25. The number of nitrogens with zero attached hydrogens (tertiary/aromatic N) is 1. The van der Waals surface area contributed by atoms with Gasteiger partial charge in [0, 0.05) is 12.0 Å². The number of carbonyl (C=O) groups excluding carboxylic acids is 1. The van der Waals surface area contributed by atoms with E-state index in [1.807, 2.05) is 6.92 Å². The molecule has 0 saturated carbocycles. The van der Waals surface area contributed by atoms with Gasteiger partial charge >= 0.3 is 0 Å². The van der Waals surface area contributed by atoms with E-state index in [4.69, 9.17) is 17.3 Å². The highest BCUT2D eigenvalue weighted by Gasteiger charge is 2.31. The third kappa shape index (κ3) is 3.61. The molecule has 3 nitrogen and oxygen atoms in total. The van der Waals surface area contributed by atoms with Crippen molar-refractivity contribution < 1.29 is 9.90 Å². The Morgan fingerprint density at radius 3 is 2.65 bits per heavy atom. The molecule has 1 aliphatic heterocycles. The summed E-state index contributed by atoms with van der Waals surface area (Å²) in [7, 11) is 0. The summed E-state index contributed by atoms with van der Waals surface area (Å²) < 4.78 is 0. The van der Waals surface area contributed by atoms with Gasteiger partial charge in [-0.15, -0.1) is 0 Å². The molecule has 0 aliphatic carbocycles. The van der Waals surface area contributed by atoms with E-state index >= 15 is 0 Å². The van der Waals surface area contributed by atoms with Crippen molar-refractivity contribution in [1.29, 1.82) is 0 Å². The number of thiocarbonyl (C=S) groups is 1. The van der Waals surface area contributed by atoms with Crippen molar-refractivity contribution in [2.24, 2.45) is 0 Å². The normalized spacial score (nSPS) is 19.1.